The Morgan fingerprint density at radius 2 is 1.96 bits per heavy atom. The van der Waals surface area contributed by atoms with E-state index >= 15 is 0 Å². The van der Waals surface area contributed by atoms with Gasteiger partial charge in [-0.25, -0.2) is 4.79 Å². The number of halogens is 1. The van der Waals surface area contributed by atoms with Crippen molar-refractivity contribution in [3.8, 4) is 0 Å². The van der Waals surface area contributed by atoms with Gasteiger partial charge in [0.15, 0.2) is 0 Å². The number of rotatable bonds is 4. The number of amides is 3. The van der Waals surface area contributed by atoms with Gasteiger partial charge in [-0.2, -0.15) is 0 Å². The van der Waals surface area contributed by atoms with Crippen LogP contribution in [-0.4, -0.2) is 48.3 Å². The van der Waals surface area contributed by atoms with Gasteiger partial charge in [0.05, 0.1) is 6.10 Å². The van der Waals surface area contributed by atoms with Gasteiger partial charge < -0.3 is 26.4 Å². The minimum absolute atomic E-state index is 0. The zero-order valence-electron chi connectivity index (χ0n) is 15.7. The number of aryl methyl sites for hydroxylation is 1. The number of urea groups is 1. The van der Waals surface area contributed by atoms with Crippen LogP contribution in [0.5, 0.6) is 0 Å². The summed E-state index contributed by atoms with van der Waals surface area (Å²) in [5, 5.41) is 21.3. The van der Waals surface area contributed by atoms with Crippen LogP contribution in [0.3, 0.4) is 0 Å². The number of hydrogen-bond donors (Lipinski definition) is 5. The molecule has 0 aromatic heterocycles. The van der Waals surface area contributed by atoms with Gasteiger partial charge in [-0.05, 0) is 45.4 Å². The van der Waals surface area contributed by atoms with Gasteiger partial charge in [-0.15, -0.1) is 12.4 Å². The lowest BCUT2D eigenvalue weighted by molar-refractivity contribution is 0.0927. The predicted octanol–water partition coefficient (Wildman–Crippen LogP) is 1.65. The molecule has 0 aliphatic carbocycles. The molecule has 1 heterocycles. The van der Waals surface area contributed by atoms with Gasteiger partial charge in [-0.3, -0.25) is 4.79 Å². The minimum atomic E-state index is -0.434. The van der Waals surface area contributed by atoms with Crippen molar-refractivity contribution in [2.45, 2.75) is 39.3 Å². The van der Waals surface area contributed by atoms with E-state index in [1.807, 2.05) is 27.7 Å². The van der Waals surface area contributed by atoms with Crippen molar-refractivity contribution in [1.29, 1.82) is 0 Å². The quantitative estimate of drug-likeness (QED) is 0.544. The second-order valence-corrected chi connectivity index (χ2v) is 7.55. The van der Waals surface area contributed by atoms with E-state index in [1.165, 1.54) is 0 Å². The molecule has 8 heteroatoms. The third-order valence-electron chi connectivity index (χ3n) is 4.07. The van der Waals surface area contributed by atoms with Gasteiger partial charge >= 0.3 is 6.03 Å². The Bertz CT molecular complexity index is 646. The molecule has 5 N–H and O–H groups in total. The maximum Gasteiger partial charge on any atom is 0.319 e. The molecule has 146 valence electrons. The molecule has 2 atom stereocenters. The summed E-state index contributed by atoms with van der Waals surface area (Å²) in [6, 6.07) is 4.87. The Morgan fingerprint density at radius 1 is 1.27 bits per heavy atom. The summed E-state index contributed by atoms with van der Waals surface area (Å²) < 4.78 is 0. The summed E-state index contributed by atoms with van der Waals surface area (Å²) in [5.41, 5.74) is 1.59. The Hall–Kier alpha value is -1.83. The zero-order valence-corrected chi connectivity index (χ0v) is 16.5. The monoisotopic (exact) mass is 384 g/mol. The van der Waals surface area contributed by atoms with Crippen molar-refractivity contribution in [1.82, 2.24) is 16.0 Å². The van der Waals surface area contributed by atoms with Crippen molar-refractivity contribution in [2.24, 2.45) is 5.92 Å². The summed E-state index contributed by atoms with van der Waals surface area (Å²) >= 11 is 0. The normalized spacial score (nSPS) is 19.4. The zero-order chi connectivity index (χ0) is 18.6. The summed E-state index contributed by atoms with van der Waals surface area (Å²) in [6.45, 7) is 9.22. The second-order valence-electron chi connectivity index (χ2n) is 7.55. The summed E-state index contributed by atoms with van der Waals surface area (Å²) in [6.07, 6.45) is -0.434. The first-order chi connectivity index (χ1) is 11.7. The van der Waals surface area contributed by atoms with Crippen molar-refractivity contribution in [2.75, 3.05) is 25.0 Å². The molecule has 1 fully saturated rings. The summed E-state index contributed by atoms with van der Waals surface area (Å²) in [5.74, 6) is -0.206. The number of carbonyl (C=O) groups excluding carboxylic acids is 2. The Morgan fingerprint density at radius 3 is 2.54 bits per heavy atom. The molecule has 1 aromatic rings. The molecule has 7 nitrogen and oxygen atoms in total. The molecular formula is C18H29ClN4O3. The topological polar surface area (TPSA) is 102 Å². The highest BCUT2D eigenvalue weighted by Gasteiger charge is 2.25. The van der Waals surface area contributed by atoms with Crippen LogP contribution in [0.1, 0.15) is 36.7 Å². The highest BCUT2D eigenvalue weighted by molar-refractivity contribution is 5.97. The molecule has 1 saturated heterocycles. The molecule has 0 bridgehead atoms. The molecule has 0 spiro atoms. The van der Waals surface area contributed by atoms with Crippen LogP contribution in [0.2, 0.25) is 0 Å². The number of benzene rings is 1. The van der Waals surface area contributed by atoms with Crippen LogP contribution >= 0.6 is 12.4 Å². The largest absolute Gasteiger partial charge is 0.391 e. The first kappa shape index (κ1) is 22.2. The van der Waals surface area contributed by atoms with Crippen LogP contribution in [0.25, 0.3) is 0 Å². The summed E-state index contributed by atoms with van der Waals surface area (Å²) in [4.78, 5) is 24.4. The van der Waals surface area contributed by atoms with Gasteiger partial charge in [0, 0.05) is 42.3 Å². The lowest BCUT2D eigenvalue weighted by Gasteiger charge is -2.21. The molecule has 1 aliphatic heterocycles. The highest BCUT2D eigenvalue weighted by Crippen LogP contribution is 2.17. The van der Waals surface area contributed by atoms with E-state index in [9.17, 15) is 14.7 Å². The van der Waals surface area contributed by atoms with E-state index in [0.29, 0.717) is 30.9 Å². The number of β-amino-alcohol motifs (C(OH)–C–C–N with tert-alkyl or cyclic N) is 1. The molecule has 1 aromatic carbocycles. The molecule has 3 amide bonds. The SMILES string of the molecule is Cc1ccc(C(=O)NCC2CNCC2O)cc1NC(=O)NC(C)(C)C.Cl. The number of aliphatic hydroxyl groups excluding tert-OH is 1. The number of carbonyl (C=O) groups is 2. The average Bonchev–Trinajstić information content (AvgIpc) is 2.90. The molecule has 0 radical (unpaired) electrons. The van der Waals surface area contributed by atoms with E-state index in [2.05, 4.69) is 21.3 Å². The van der Waals surface area contributed by atoms with Crippen molar-refractivity contribution < 1.29 is 14.7 Å². The van der Waals surface area contributed by atoms with Gasteiger partial charge in [0.25, 0.3) is 5.91 Å². The maximum atomic E-state index is 12.3. The Balaban J connectivity index is 0.00000338. The first-order valence-corrected chi connectivity index (χ1v) is 8.52. The van der Waals surface area contributed by atoms with Gasteiger partial charge in [0.1, 0.15) is 0 Å². The number of nitrogens with one attached hydrogen (secondary N) is 4. The van der Waals surface area contributed by atoms with E-state index in [4.69, 9.17) is 0 Å². The lowest BCUT2D eigenvalue weighted by Crippen LogP contribution is -2.43. The third kappa shape index (κ3) is 6.48. The molecule has 2 rings (SSSR count). The van der Waals surface area contributed by atoms with E-state index in [1.54, 1.807) is 18.2 Å². The molecule has 2 unspecified atom stereocenters. The maximum absolute atomic E-state index is 12.3. The van der Waals surface area contributed by atoms with E-state index in [-0.39, 0.29) is 35.8 Å². The van der Waals surface area contributed by atoms with E-state index in [0.717, 1.165) is 5.56 Å². The standard InChI is InChI=1S/C18H28N4O3.ClH/c1-11-5-6-12(7-14(11)21-17(25)22-18(2,3)4)16(24)20-9-13-8-19-10-15(13)23;/h5-7,13,15,19,23H,8-10H2,1-4H3,(H,20,24)(H2,21,22,25);1H. The van der Waals surface area contributed by atoms with Crippen LogP contribution in [0.15, 0.2) is 18.2 Å². The van der Waals surface area contributed by atoms with Crippen LogP contribution < -0.4 is 21.3 Å². The average molecular weight is 385 g/mol. The fraction of sp³-hybridized carbons (Fsp3) is 0.556. The van der Waals surface area contributed by atoms with Crippen LogP contribution in [-0.2, 0) is 0 Å². The molecular weight excluding hydrogens is 356 g/mol. The fourth-order valence-corrected chi connectivity index (χ4v) is 2.65. The lowest BCUT2D eigenvalue weighted by atomic mass is 10.1. The molecule has 0 saturated carbocycles. The number of anilines is 1. The predicted molar refractivity (Wildman–Crippen MR) is 105 cm³/mol. The second kappa shape index (κ2) is 9.21. The third-order valence-corrected chi connectivity index (χ3v) is 4.07. The van der Waals surface area contributed by atoms with Crippen LogP contribution in [0.4, 0.5) is 10.5 Å². The van der Waals surface area contributed by atoms with Gasteiger partial charge in [-0.1, -0.05) is 6.07 Å². The van der Waals surface area contributed by atoms with Crippen molar-refractivity contribution in [3.63, 3.8) is 0 Å². The number of aliphatic hydroxyl groups is 1. The van der Waals surface area contributed by atoms with Crippen molar-refractivity contribution >= 4 is 30.0 Å². The minimum Gasteiger partial charge on any atom is -0.391 e. The first-order valence-electron chi connectivity index (χ1n) is 8.52. The summed E-state index contributed by atoms with van der Waals surface area (Å²) in [7, 11) is 0. The highest BCUT2D eigenvalue weighted by atomic mass is 35.5. The van der Waals surface area contributed by atoms with E-state index < -0.39 is 6.10 Å². The van der Waals surface area contributed by atoms with Gasteiger partial charge in [0.2, 0.25) is 0 Å². The molecule has 1 aliphatic rings. The number of hydrogen-bond acceptors (Lipinski definition) is 4. The Labute approximate surface area is 160 Å². The molecule has 26 heavy (non-hydrogen) atoms. The fourth-order valence-electron chi connectivity index (χ4n) is 2.65. The smallest absolute Gasteiger partial charge is 0.319 e. The van der Waals surface area contributed by atoms with Crippen LogP contribution in [0, 0.1) is 12.8 Å². The van der Waals surface area contributed by atoms with Crippen molar-refractivity contribution in [3.05, 3.63) is 29.3 Å². The Kier molecular flexibility index (Phi) is 7.87.